The number of ether oxygens (including phenoxy) is 1. The molecule has 45 heavy (non-hydrogen) atoms. The van der Waals surface area contributed by atoms with E-state index in [1.165, 1.54) is 6.07 Å². The summed E-state index contributed by atoms with van der Waals surface area (Å²) in [6.45, 7) is 4.44. The Balaban J connectivity index is 1.32. The lowest BCUT2D eigenvalue weighted by Crippen LogP contribution is -2.43. The van der Waals surface area contributed by atoms with E-state index in [9.17, 15) is 22.3 Å². The maximum absolute atomic E-state index is 14.9. The number of halogens is 2. The highest BCUT2D eigenvalue weighted by Gasteiger charge is 2.49. The van der Waals surface area contributed by atoms with Crippen LogP contribution in [0, 0.1) is 5.82 Å². The standard InChI is InChI=1S/C33H37F2N5O4S/c1-3-25-28(35)8-6-21-13-24(41)15-27(30(21)25)20-5-7-26-29(14-20)36-32(44-19-33-10-4-11-40(33)17-22(34)16-33)37-31(26)39-12-9-23(18-39)38-45(2,42)43/h5-8,13-15,22-23,38,41H,3-4,9-12,16-19H2,1-2H3/t22-,23?,33+/m1/s1. The first-order valence-corrected chi connectivity index (χ1v) is 17.4. The highest BCUT2D eigenvalue weighted by atomic mass is 32.2. The number of fused-ring (bicyclic) bond motifs is 3. The number of aromatic hydroxyl groups is 1. The fourth-order valence-corrected chi connectivity index (χ4v) is 8.44. The van der Waals surface area contributed by atoms with Gasteiger partial charge in [0, 0.05) is 37.5 Å². The summed E-state index contributed by atoms with van der Waals surface area (Å²) in [5, 5.41) is 12.8. The smallest absolute Gasteiger partial charge is 0.319 e. The molecule has 3 saturated heterocycles. The Hall–Kier alpha value is -3.61. The van der Waals surface area contributed by atoms with Gasteiger partial charge >= 0.3 is 6.01 Å². The number of benzene rings is 3. The van der Waals surface area contributed by atoms with Crippen molar-refractivity contribution in [2.75, 3.05) is 43.9 Å². The number of alkyl halides is 1. The van der Waals surface area contributed by atoms with Crippen molar-refractivity contribution in [3.05, 3.63) is 53.8 Å². The monoisotopic (exact) mass is 637 g/mol. The summed E-state index contributed by atoms with van der Waals surface area (Å²) in [6.07, 6.45) is 3.62. The number of nitrogens with one attached hydrogen (secondary N) is 1. The quantitative estimate of drug-likeness (QED) is 0.280. The van der Waals surface area contributed by atoms with Gasteiger partial charge in [0.05, 0.1) is 17.3 Å². The van der Waals surface area contributed by atoms with Crippen LogP contribution in [0.25, 0.3) is 32.8 Å². The normalized spacial score (nSPS) is 23.8. The Kier molecular flexibility index (Phi) is 7.57. The third-order valence-corrected chi connectivity index (χ3v) is 10.3. The molecule has 0 aliphatic carbocycles. The number of nitrogens with zero attached hydrogens (tertiary/aromatic N) is 4. The van der Waals surface area contributed by atoms with Crippen LogP contribution in [-0.2, 0) is 16.4 Å². The van der Waals surface area contributed by atoms with E-state index in [2.05, 4.69) is 9.62 Å². The maximum atomic E-state index is 14.9. The zero-order valence-corrected chi connectivity index (χ0v) is 26.2. The molecule has 238 valence electrons. The van der Waals surface area contributed by atoms with Crippen molar-refractivity contribution >= 4 is 37.5 Å². The molecule has 1 aromatic heterocycles. The zero-order valence-electron chi connectivity index (χ0n) is 25.4. The molecule has 3 aliphatic heterocycles. The summed E-state index contributed by atoms with van der Waals surface area (Å²) in [5.74, 6) is 0.395. The average Bonchev–Trinajstić information content (AvgIpc) is 3.68. The number of hydrogen-bond acceptors (Lipinski definition) is 8. The zero-order chi connectivity index (χ0) is 31.5. The first kappa shape index (κ1) is 30.1. The lowest BCUT2D eigenvalue weighted by molar-refractivity contribution is 0.107. The summed E-state index contributed by atoms with van der Waals surface area (Å²) < 4.78 is 62.2. The van der Waals surface area contributed by atoms with Gasteiger partial charge in [-0.05, 0) is 90.0 Å². The highest BCUT2D eigenvalue weighted by Crippen LogP contribution is 2.41. The minimum Gasteiger partial charge on any atom is -0.508 e. The van der Waals surface area contributed by atoms with Crippen molar-refractivity contribution in [2.45, 2.75) is 56.8 Å². The van der Waals surface area contributed by atoms with Crippen LogP contribution in [0.4, 0.5) is 14.6 Å². The lowest BCUT2D eigenvalue weighted by Gasteiger charge is -2.31. The van der Waals surface area contributed by atoms with Crippen molar-refractivity contribution < 1.29 is 27.0 Å². The van der Waals surface area contributed by atoms with E-state index in [0.29, 0.717) is 61.4 Å². The Morgan fingerprint density at radius 1 is 1.13 bits per heavy atom. The second-order valence-corrected chi connectivity index (χ2v) is 14.5. The van der Waals surface area contributed by atoms with E-state index in [0.717, 1.165) is 47.4 Å². The van der Waals surface area contributed by atoms with Crippen LogP contribution in [0.15, 0.2) is 42.5 Å². The van der Waals surface area contributed by atoms with E-state index < -0.39 is 16.2 Å². The van der Waals surface area contributed by atoms with Crippen LogP contribution in [0.5, 0.6) is 11.8 Å². The molecule has 1 unspecified atom stereocenters. The number of anilines is 1. The Morgan fingerprint density at radius 3 is 2.78 bits per heavy atom. The van der Waals surface area contributed by atoms with Gasteiger partial charge < -0.3 is 14.7 Å². The van der Waals surface area contributed by atoms with Crippen LogP contribution >= 0.6 is 0 Å². The lowest BCUT2D eigenvalue weighted by atomic mass is 9.92. The molecule has 0 bridgehead atoms. The van der Waals surface area contributed by atoms with E-state index in [-0.39, 0.29) is 35.8 Å². The van der Waals surface area contributed by atoms with Crippen LogP contribution in [0.2, 0.25) is 0 Å². The first-order chi connectivity index (χ1) is 21.5. The molecule has 0 spiro atoms. The topological polar surface area (TPSA) is 108 Å². The SMILES string of the molecule is CCc1c(F)ccc2cc(O)cc(-c3ccc4c(N5CCC(NS(C)(=O)=O)C5)nc(OC[C@@]56CCCN5C[C@H](F)C6)nc4c3)c12. The van der Waals surface area contributed by atoms with Crippen LogP contribution in [0.3, 0.4) is 0 Å². The number of sulfonamides is 1. The summed E-state index contributed by atoms with van der Waals surface area (Å²) in [5.41, 5.74) is 2.21. The minimum absolute atomic E-state index is 0.0725. The average molecular weight is 638 g/mol. The van der Waals surface area contributed by atoms with Crippen molar-refractivity contribution in [2.24, 2.45) is 0 Å². The van der Waals surface area contributed by atoms with Crippen molar-refractivity contribution in [3.63, 3.8) is 0 Å². The summed E-state index contributed by atoms with van der Waals surface area (Å²) in [4.78, 5) is 13.8. The predicted octanol–water partition coefficient (Wildman–Crippen LogP) is 4.94. The van der Waals surface area contributed by atoms with Crippen LogP contribution < -0.4 is 14.4 Å². The number of aryl methyl sites for hydroxylation is 1. The van der Waals surface area contributed by atoms with Gasteiger partial charge in [0.15, 0.2) is 0 Å². The first-order valence-electron chi connectivity index (χ1n) is 15.5. The Bertz CT molecular complexity index is 1910. The molecule has 4 aromatic rings. The summed E-state index contributed by atoms with van der Waals surface area (Å²) in [6, 6.07) is 12.0. The maximum Gasteiger partial charge on any atom is 0.319 e. The van der Waals surface area contributed by atoms with Gasteiger partial charge in [-0.15, -0.1) is 0 Å². The molecule has 7 rings (SSSR count). The molecule has 0 amide bonds. The molecule has 0 saturated carbocycles. The predicted molar refractivity (Wildman–Crippen MR) is 171 cm³/mol. The molecule has 12 heteroatoms. The molecule has 3 aromatic carbocycles. The molecule has 3 aliphatic rings. The number of hydrogen-bond donors (Lipinski definition) is 2. The van der Waals surface area contributed by atoms with E-state index in [1.54, 1.807) is 18.2 Å². The second kappa shape index (κ2) is 11.3. The fourth-order valence-electron chi connectivity index (χ4n) is 7.64. The molecule has 4 heterocycles. The van der Waals surface area contributed by atoms with E-state index in [4.69, 9.17) is 14.7 Å². The van der Waals surface area contributed by atoms with Crippen molar-refractivity contribution in [1.82, 2.24) is 19.6 Å². The van der Waals surface area contributed by atoms with E-state index >= 15 is 0 Å². The number of aromatic nitrogens is 2. The summed E-state index contributed by atoms with van der Waals surface area (Å²) >= 11 is 0. The Morgan fingerprint density at radius 2 is 1.98 bits per heavy atom. The molecular formula is C33H37F2N5O4S. The second-order valence-electron chi connectivity index (χ2n) is 12.7. The van der Waals surface area contributed by atoms with Gasteiger partial charge in [0.2, 0.25) is 10.0 Å². The highest BCUT2D eigenvalue weighted by molar-refractivity contribution is 7.88. The van der Waals surface area contributed by atoms with Gasteiger partial charge in [0.1, 0.15) is 30.2 Å². The Labute approximate surface area is 261 Å². The number of rotatable bonds is 8. The van der Waals surface area contributed by atoms with Gasteiger partial charge in [-0.2, -0.15) is 9.97 Å². The third-order valence-electron chi connectivity index (χ3n) is 9.57. The van der Waals surface area contributed by atoms with Gasteiger partial charge in [-0.25, -0.2) is 21.9 Å². The third kappa shape index (κ3) is 5.68. The van der Waals surface area contributed by atoms with Crippen LogP contribution in [-0.4, -0.2) is 85.2 Å². The van der Waals surface area contributed by atoms with Gasteiger partial charge in [0.25, 0.3) is 0 Å². The van der Waals surface area contributed by atoms with E-state index in [1.807, 2.05) is 30.0 Å². The molecule has 3 fully saturated rings. The van der Waals surface area contributed by atoms with Crippen molar-refractivity contribution in [1.29, 1.82) is 0 Å². The largest absolute Gasteiger partial charge is 0.508 e. The summed E-state index contributed by atoms with van der Waals surface area (Å²) in [7, 11) is -3.38. The minimum atomic E-state index is -3.38. The van der Waals surface area contributed by atoms with Gasteiger partial charge in [-0.3, -0.25) is 4.90 Å². The molecule has 3 atom stereocenters. The molecule has 0 radical (unpaired) electrons. The van der Waals surface area contributed by atoms with Crippen LogP contribution in [0.1, 0.15) is 38.2 Å². The number of phenols is 1. The molecule has 9 nitrogen and oxygen atoms in total. The van der Waals surface area contributed by atoms with Gasteiger partial charge in [-0.1, -0.05) is 19.1 Å². The fraction of sp³-hybridized carbons (Fsp3) is 0.455. The molecule has 2 N–H and O–H groups in total. The molecular weight excluding hydrogens is 600 g/mol. The number of phenolic OH excluding ortho intramolecular Hbond substituents is 1. The van der Waals surface area contributed by atoms with Crippen molar-refractivity contribution in [3.8, 4) is 22.9 Å².